The Hall–Kier alpha value is -3.60. The Balaban J connectivity index is 1.78. The van der Waals surface area contributed by atoms with Crippen molar-refractivity contribution in [2.24, 2.45) is 0 Å². The summed E-state index contributed by atoms with van der Waals surface area (Å²) >= 11 is 0. The Morgan fingerprint density at radius 1 is 0.861 bits per heavy atom. The van der Waals surface area contributed by atoms with Crippen LogP contribution in [0, 0.1) is 18.3 Å². The summed E-state index contributed by atoms with van der Waals surface area (Å²) in [6.45, 7) is 1.92. The summed E-state index contributed by atoms with van der Waals surface area (Å²) in [7, 11) is -5.50. The minimum Gasteiger partial charge on any atom is -0.249 e. The Morgan fingerprint density at radius 3 is 2.11 bits per heavy atom. The maximum absolute atomic E-state index is 16.5. The smallest absolute Gasteiger partial charge is 0.179 e. The molecule has 4 aromatic carbocycles. The molecule has 182 valence electrons. The lowest BCUT2D eigenvalue weighted by Gasteiger charge is -2.24. The van der Waals surface area contributed by atoms with Crippen molar-refractivity contribution >= 4 is 20.6 Å². The minimum absolute atomic E-state index is 0.104. The molecule has 7 heteroatoms. The van der Waals surface area contributed by atoms with Gasteiger partial charge in [0.05, 0.1) is 33.1 Å². The molecule has 0 heterocycles. The van der Waals surface area contributed by atoms with Crippen LogP contribution in [0.3, 0.4) is 0 Å². The van der Waals surface area contributed by atoms with E-state index in [0.29, 0.717) is 20.9 Å². The highest BCUT2D eigenvalue weighted by atomic mass is 32.2. The molecule has 0 saturated carbocycles. The Kier molecular flexibility index (Phi) is 7.78. The van der Waals surface area contributed by atoms with Gasteiger partial charge in [0.15, 0.2) is 9.84 Å². The molecule has 0 spiro atoms. The first kappa shape index (κ1) is 25.5. The Bertz CT molecular complexity index is 1510. The molecule has 4 nitrogen and oxygen atoms in total. The molecular formula is C29H24FNO3S2. The van der Waals surface area contributed by atoms with Crippen LogP contribution in [0.15, 0.2) is 118 Å². The van der Waals surface area contributed by atoms with Gasteiger partial charge in [0, 0.05) is 21.3 Å². The van der Waals surface area contributed by atoms with Crippen molar-refractivity contribution in [3.8, 4) is 6.07 Å². The summed E-state index contributed by atoms with van der Waals surface area (Å²) in [6.07, 6.45) is -1.76. The van der Waals surface area contributed by atoms with Gasteiger partial charge in [-0.1, -0.05) is 66.2 Å². The number of aryl methyl sites for hydroxylation is 1. The van der Waals surface area contributed by atoms with E-state index >= 15 is 4.39 Å². The van der Waals surface area contributed by atoms with E-state index in [1.165, 1.54) is 12.1 Å². The van der Waals surface area contributed by atoms with E-state index in [1.807, 2.05) is 25.1 Å². The first-order chi connectivity index (χ1) is 17.3. The van der Waals surface area contributed by atoms with Crippen molar-refractivity contribution in [2.45, 2.75) is 33.7 Å². The molecule has 4 aromatic rings. The normalized spacial score (nSPS) is 13.9. The highest BCUT2D eigenvalue weighted by molar-refractivity contribution is 7.91. The highest BCUT2D eigenvalue weighted by Crippen LogP contribution is 2.39. The van der Waals surface area contributed by atoms with E-state index in [4.69, 9.17) is 5.26 Å². The van der Waals surface area contributed by atoms with Crippen molar-refractivity contribution in [3.05, 3.63) is 125 Å². The van der Waals surface area contributed by atoms with Gasteiger partial charge in [0.2, 0.25) is 0 Å². The molecule has 0 aliphatic heterocycles. The van der Waals surface area contributed by atoms with Gasteiger partial charge in [-0.25, -0.2) is 17.0 Å². The molecule has 0 aliphatic rings. The SMILES string of the molecule is Cc1ccc([S@](=O)c2ccccc2[C@H](F)[C@H](CS(=O)(=O)c2ccccc2)c2ccc(C#N)cc2)cc1. The van der Waals surface area contributed by atoms with Crippen molar-refractivity contribution in [1.82, 2.24) is 0 Å². The first-order valence-corrected chi connectivity index (χ1v) is 14.1. The van der Waals surface area contributed by atoms with Crippen LogP contribution in [-0.2, 0) is 20.6 Å². The molecule has 3 atom stereocenters. The van der Waals surface area contributed by atoms with Gasteiger partial charge >= 0.3 is 0 Å². The van der Waals surface area contributed by atoms with E-state index in [1.54, 1.807) is 78.9 Å². The predicted molar refractivity (Wildman–Crippen MR) is 139 cm³/mol. The Labute approximate surface area is 213 Å². The quantitative estimate of drug-likeness (QED) is 0.275. The van der Waals surface area contributed by atoms with Crippen LogP contribution in [0.25, 0.3) is 0 Å². The van der Waals surface area contributed by atoms with Crippen LogP contribution in [-0.4, -0.2) is 18.4 Å². The number of sulfone groups is 1. The summed E-state index contributed by atoms with van der Waals surface area (Å²) in [5, 5.41) is 9.16. The number of nitrogens with zero attached hydrogens (tertiary/aromatic N) is 1. The fraction of sp³-hybridized carbons (Fsp3) is 0.138. The van der Waals surface area contributed by atoms with Gasteiger partial charge in [0.1, 0.15) is 6.17 Å². The van der Waals surface area contributed by atoms with Gasteiger partial charge in [-0.15, -0.1) is 0 Å². The van der Waals surface area contributed by atoms with Gasteiger partial charge < -0.3 is 0 Å². The zero-order chi connectivity index (χ0) is 25.7. The van der Waals surface area contributed by atoms with Crippen LogP contribution in [0.2, 0.25) is 0 Å². The fourth-order valence-electron chi connectivity index (χ4n) is 4.00. The van der Waals surface area contributed by atoms with E-state index in [-0.39, 0.29) is 10.5 Å². The van der Waals surface area contributed by atoms with E-state index in [0.717, 1.165) is 5.56 Å². The average Bonchev–Trinajstić information content (AvgIpc) is 2.92. The molecule has 0 unspecified atom stereocenters. The van der Waals surface area contributed by atoms with Gasteiger partial charge in [-0.05, 0) is 55.0 Å². The third-order valence-electron chi connectivity index (χ3n) is 5.97. The highest BCUT2D eigenvalue weighted by Gasteiger charge is 2.33. The van der Waals surface area contributed by atoms with Crippen LogP contribution >= 0.6 is 0 Å². The second-order valence-electron chi connectivity index (χ2n) is 8.46. The molecule has 0 amide bonds. The van der Waals surface area contributed by atoms with Crippen LogP contribution < -0.4 is 0 Å². The maximum atomic E-state index is 16.5. The molecule has 0 N–H and O–H groups in total. The maximum Gasteiger partial charge on any atom is 0.179 e. The van der Waals surface area contributed by atoms with Crippen LogP contribution in [0.5, 0.6) is 0 Å². The standard InChI is InChI=1S/C29H24FNO3S2/c1-21-11-17-24(18-12-21)35(32)28-10-6-5-9-26(28)29(30)27(23-15-13-22(19-31)14-16-23)20-36(33,34)25-7-3-2-4-8-25/h2-18,27,29H,20H2,1H3/t27-,29+,35+/m1/s1. The lowest BCUT2D eigenvalue weighted by atomic mass is 9.91. The third-order valence-corrected chi connectivity index (χ3v) is 9.23. The number of rotatable bonds is 8. The molecule has 0 aromatic heterocycles. The topological polar surface area (TPSA) is 75.0 Å². The monoisotopic (exact) mass is 517 g/mol. The molecule has 36 heavy (non-hydrogen) atoms. The second kappa shape index (κ2) is 11.0. The van der Waals surface area contributed by atoms with Gasteiger partial charge in [-0.2, -0.15) is 5.26 Å². The van der Waals surface area contributed by atoms with Gasteiger partial charge in [-0.3, -0.25) is 0 Å². The number of halogens is 1. The van der Waals surface area contributed by atoms with E-state index in [9.17, 15) is 12.6 Å². The lowest BCUT2D eigenvalue weighted by molar-refractivity contribution is 0.295. The van der Waals surface area contributed by atoms with Crippen molar-refractivity contribution < 1.29 is 17.0 Å². The molecule has 0 bridgehead atoms. The summed E-state index contributed by atoms with van der Waals surface area (Å²) in [5.41, 5.74) is 2.02. The third kappa shape index (κ3) is 5.62. The minimum atomic E-state index is -3.85. The molecule has 0 fully saturated rings. The number of hydrogen-bond acceptors (Lipinski definition) is 4. The van der Waals surface area contributed by atoms with Crippen LogP contribution in [0.1, 0.15) is 34.3 Å². The Morgan fingerprint density at radius 2 is 1.47 bits per heavy atom. The molecule has 0 radical (unpaired) electrons. The second-order valence-corrected chi connectivity index (χ2v) is 11.9. The van der Waals surface area contributed by atoms with E-state index in [2.05, 4.69) is 0 Å². The molecular weight excluding hydrogens is 493 g/mol. The largest absolute Gasteiger partial charge is 0.249 e. The zero-order valence-corrected chi connectivity index (χ0v) is 21.2. The van der Waals surface area contributed by atoms with Gasteiger partial charge in [0.25, 0.3) is 0 Å². The van der Waals surface area contributed by atoms with E-state index < -0.39 is 38.5 Å². The number of nitriles is 1. The first-order valence-electron chi connectivity index (χ1n) is 11.3. The predicted octanol–water partition coefficient (Wildman–Crippen LogP) is 6.30. The summed E-state index contributed by atoms with van der Waals surface area (Å²) in [5.74, 6) is -1.57. The van der Waals surface area contributed by atoms with Crippen molar-refractivity contribution in [1.29, 1.82) is 5.26 Å². The molecule has 0 aliphatic carbocycles. The zero-order valence-electron chi connectivity index (χ0n) is 19.5. The summed E-state index contributed by atoms with van der Waals surface area (Å²) in [6, 6.07) is 29.9. The number of hydrogen-bond donors (Lipinski definition) is 0. The molecule has 0 saturated heterocycles. The van der Waals surface area contributed by atoms with Crippen molar-refractivity contribution in [3.63, 3.8) is 0 Å². The summed E-state index contributed by atoms with van der Waals surface area (Å²) < 4.78 is 56.4. The fourth-order valence-corrected chi connectivity index (χ4v) is 6.83. The van der Waals surface area contributed by atoms with Crippen molar-refractivity contribution in [2.75, 3.05) is 5.75 Å². The average molecular weight is 518 g/mol. The molecule has 4 rings (SSSR count). The van der Waals surface area contributed by atoms with Crippen LogP contribution in [0.4, 0.5) is 4.39 Å². The summed E-state index contributed by atoms with van der Waals surface area (Å²) in [4.78, 5) is 0.934. The lowest BCUT2D eigenvalue weighted by Crippen LogP contribution is -2.20. The number of benzene rings is 4. The number of alkyl halides is 1.